The molecule has 0 aliphatic rings. The summed E-state index contributed by atoms with van der Waals surface area (Å²) in [5, 5.41) is 3.25. The van der Waals surface area contributed by atoms with Crippen LogP contribution in [0.25, 0.3) is 10.2 Å². The van der Waals surface area contributed by atoms with E-state index in [-0.39, 0.29) is 11.2 Å². The second-order valence-corrected chi connectivity index (χ2v) is 4.78. The van der Waals surface area contributed by atoms with Crippen LogP contribution in [0.5, 0.6) is 0 Å². The van der Waals surface area contributed by atoms with Gasteiger partial charge in [0, 0.05) is 11.9 Å². The molecule has 0 radical (unpaired) electrons. The van der Waals surface area contributed by atoms with Crippen molar-refractivity contribution in [1.82, 2.24) is 9.55 Å². The fraction of sp³-hybridized carbons (Fsp3) is 0.333. The molecule has 0 aliphatic carbocycles. The highest BCUT2D eigenvalue weighted by molar-refractivity contribution is 9.09. The van der Waals surface area contributed by atoms with Gasteiger partial charge in [-0.25, -0.2) is 4.79 Å². The van der Waals surface area contributed by atoms with Gasteiger partial charge in [0.15, 0.2) is 0 Å². The summed E-state index contributed by atoms with van der Waals surface area (Å²) in [6, 6.07) is 1.74. The summed E-state index contributed by atoms with van der Waals surface area (Å²) < 4.78 is 1.61. The summed E-state index contributed by atoms with van der Waals surface area (Å²) in [7, 11) is 0. The topological polar surface area (TPSA) is 54.9 Å². The molecular weight excluding hydrogens is 280 g/mol. The number of halogens is 1. The molecular formula is C9H9BrN2O2S. The predicted molar refractivity (Wildman–Crippen MR) is 65.1 cm³/mol. The number of alkyl halides is 1. The van der Waals surface area contributed by atoms with Crippen LogP contribution in [-0.2, 0) is 6.54 Å². The number of nitrogens with zero attached hydrogens (tertiary/aromatic N) is 1. The molecule has 0 spiro atoms. The maximum atomic E-state index is 11.6. The fourth-order valence-electron chi connectivity index (χ4n) is 1.43. The van der Waals surface area contributed by atoms with E-state index >= 15 is 0 Å². The third kappa shape index (κ3) is 1.91. The van der Waals surface area contributed by atoms with Crippen LogP contribution in [0.4, 0.5) is 0 Å². The number of rotatable bonds is 3. The Kier molecular flexibility index (Phi) is 3.06. The standard InChI is InChI=1S/C9H9BrN2O2S/c10-3-1-4-12-8-6(2-5-15-8)7(13)11-9(12)14/h2,5H,1,3-4H2,(H,11,13,14). The van der Waals surface area contributed by atoms with Crippen LogP contribution in [-0.4, -0.2) is 14.9 Å². The Labute approximate surface area is 97.7 Å². The number of aromatic nitrogens is 2. The first-order chi connectivity index (χ1) is 7.24. The van der Waals surface area contributed by atoms with Crippen LogP contribution in [0.15, 0.2) is 21.0 Å². The number of fused-ring (bicyclic) bond motifs is 1. The van der Waals surface area contributed by atoms with E-state index in [9.17, 15) is 9.59 Å². The zero-order valence-electron chi connectivity index (χ0n) is 7.83. The molecule has 0 aromatic carbocycles. The number of thiophene rings is 1. The molecule has 0 unspecified atom stereocenters. The molecule has 0 atom stereocenters. The number of aromatic amines is 1. The van der Waals surface area contributed by atoms with E-state index in [4.69, 9.17) is 0 Å². The lowest BCUT2D eigenvalue weighted by atomic mass is 10.4. The van der Waals surface area contributed by atoms with E-state index in [0.29, 0.717) is 11.9 Å². The molecule has 0 amide bonds. The number of hydrogen-bond donors (Lipinski definition) is 1. The zero-order chi connectivity index (χ0) is 10.8. The minimum absolute atomic E-state index is 0.300. The maximum absolute atomic E-state index is 11.6. The van der Waals surface area contributed by atoms with E-state index < -0.39 is 0 Å². The monoisotopic (exact) mass is 288 g/mol. The smallest absolute Gasteiger partial charge is 0.284 e. The minimum Gasteiger partial charge on any atom is -0.284 e. The maximum Gasteiger partial charge on any atom is 0.329 e. The first-order valence-electron chi connectivity index (χ1n) is 4.50. The molecule has 2 aromatic heterocycles. The molecule has 6 heteroatoms. The summed E-state index contributed by atoms with van der Waals surface area (Å²) in [5.41, 5.74) is -0.623. The van der Waals surface area contributed by atoms with Crippen LogP contribution in [0.3, 0.4) is 0 Å². The van der Waals surface area contributed by atoms with Crippen molar-refractivity contribution >= 4 is 37.5 Å². The van der Waals surface area contributed by atoms with Crippen molar-refractivity contribution in [2.45, 2.75) is 13.0 Å². The molecule has 80 valence electrons. The Morgan fingerprint density at radius 2 is 2.27 bits per heavy atom. The van der Waals surface area contributed by atoms with Crippen molar-refractivity contribution < 1.29 is 0 Å². The molecule has 2 heterocycles. The Bertz CT molecular complexity index is 584. The second-order valence-electron chi connectivity index (χ2n) is 3.09. The van der Waals surface area contributed by atoms with E-state index in [1.165, 1.54) is 11.3 Å². The molecule has 4 nitrogen and oxygen atoms in total. The first kappa shape index (κ1) is 10.6. The van der Waals surface area contributed by atoms with Gasteiger partial charge in [0.1, 0.15) is 4.83 Å². The second kappa shape index (κ2) is 4.32. The van der Waals surface area contributed by atoms with E-state index in [1.807, 2.05) is 5.38 Å². The van der Waals surface area contributed by atoms with Crippen LogP contribution < -0.4 is 11.2 Å². The van der Waals surface area contributed by atoms with Gasteiger partial charge < -0.3 is 0 Å². The van der Waals surface area contributed by atoms with Crippen LogP contribution in [0.2, 0.25) is 0 Å². The van der Waals surface area contributed by atoms with Gasteiger partial charge in [-0.2, -0.15) is 0 Å². The Hall–Kier alpha value is -0.880. The van der Waals surface area contributed by atoms with Crippen LogP contribution in [0, 0.1) is 0 Å². The number of aryl methyl sites for hydroxylation is 1. The molecule has 1 N–H and O–H groups in total. The van der Waals surface area contributed by atoms with Gasteiger partial charge in [-0.05, 0) is 17.9 Å². The SMILES string of the molecule is O=c1[nH]c(=O)n(CCCBr)c2sccc12. The van der Waals surface area contributed by atoms with Gasteiger partial charge in [0.05, 0.1) is 5.39 Å². The highest BCUT2D eigenvalue weighted by atomic mass is 79.9. The summed E-state index contributed by atoms with van der Waals surface area (Å²) in [6.07, 6.45) is 0.860. The van der Waals surface area contributed by atoms with Gasteiger partial charge in [0.25, 0.3) is 5.56 Å². The average Bonchev–Trinajstić information content (AvgIpc) is 2.66. The van der Waals surface area contributed by atoms with Crippen LogP contribution in [0.1, 0.15) is 6.42 Å². The van der Waals surface area contributed by atoms with Gasteiger partial charge in [-0.1, -0.05) is 15.9 Å². The van der Waals surface area contributed by atoms with Gasteiger partial charge in [-0.3, -0.25) is 14.3 Å². The largest absolute Gasteiger partial charge is 0.329 e. The van der Waals surface area contributed by atoms with Gasteiger partial charge >= 0.3 is 5.69 Å². The zero-order valence-corrected chi connectivity index (χ0v) is 10.2. The molecule has 0 saturated carbocycles. The molecule has 2 rings (SSSR count). The van der Waals surface area contributed by atoms with Crippen molar-refractivity contribution in [3.8, 4) is 0 Å². The Balaban J connectivity index is 2.66. The van der Waals surface area contributed by atoms with Crippen LogP contribution >= 0.6 is 27.3 Å². The van der Waals surface area contributed by atoms with Crippen molar-refractivity contribution in [1.29, 1.82) is 0 Å². The molecule has 0 saturated heterocycles. The minimum atomic E-state index is -0.323. The summed E-state index contributed by atoms with van der Waals surface area (Å²) in [4.78, 5) is 26.0. The van der Waals surface area contributed by atoms with E-state index in [1.54, 1.807) is 10.6 Å². The molecule has 0 fully saturated rings. The quantitative estimate of drug-likeness (QED) is 0.871. The lowest BCUT2D eigenvalue weighted by molar-refractivity contribution is 0.667. The Morgan fingerprint density at radius 3 is 3.00 bits per heavy atom. The van der Waals surface area contributed by atoms with E-state index in [0.717, 1.165) is 16.6 Å². The first-order valence-corrected chi connectivity index (χ1v) is 6.50. The van der Waals surface area contributed by atoms with Gasteiger partial charge in [-0.15, -0.1) is 11.3 Å². The normalized spacial score (nSPS) is 11.0. The third-order valence-electron chi connectivity index (χ3n) is 2.12. The summed E-state index contributed by atoms with van der Waals surface area (Å²) >= 11 is 4.74. The lowest BCUT2D eigenvalue weighted by Gasteiger charge is -2.04. The van der Waals surface area contributed by atoms with Gasteiger partial charge in [0.2, 0.25) is 0 Å². The van der Waals surface area contributed by atoms with Crippen molar-refractivity contribution in [3.63, 3.8) is 0 Å². The summed E-state index contributed by atoms with van der Waals surface area (Å²) in [6.45, 7) is 0.623. The number of hydrogen-bond acceptors (Lipinski definition) is 3. The van der Waals surface area contributed by atoms with Crippen molar-refractivity contribution in [2.75, 3.05) is 5.33 Å². The lowest BCUT2D eigenvalue weighted by Crippen LogP contribution is -2.29. The highest BCUT2D eigenvalue weighted by Gasteiger charge is 2.07. The number of nitrogens with one attached hydrogen (secondary N) is 1. The molecule has 0 aliphatic heterocycles. The summed E-state index contributed by atoms with van der Waals surface area (Å²) in [5.74, 6) is 0. The number of H-pyrrole nitrogens is 1. The van der Waals surface area contributed by atoms with E-state index in [2.05, 4.69) is 20.9 Å². The fourth-order valence-corrected chi connectivity index (χ4v) is 2.60. The van der Waals surface area contributed by atoms with Crippen molar-refractivity contribution in [3.05, 3.63) is 32.3 Å². The molecule has 0 bridgehead atoms. The average molecular weight is 289 g/mol. The Morgan fingerprint density at radius 1 is 1.47 bits per heavy atom. The molecule has 2 aromatic rings. The highest BCUT2D eigenvalue weighted by Crippen LogP contribution is 2.15. The molecule has 15 heavy (non-hydrogen) atoms. The predicted octanol–water partition coefficient (Wildman–Crippen LogP) is 1.54. The van der Waals surface area contributed by atoms with Crippen molar-refractivity contribution in [2.24, 2.45) is 0 Å². The third-order valence-corrected chi connectivity index (χ3v) is 3.61.